The van der Waals surface area contributed by atoms with E-state index >= 15 is 0 Å². The van der Waals surface area contributed by atoms with E-state index in [2.05, 4.69) is 27.1 Å². The van der Waals surface area contributed by atoms with Crippen molar-refractivity contribution in [2.24, 2.45) is 0 Å². The van der Waals surface area contributed by atoms with E-state index in [9.17, 15) is 4.79 Å². The van der Waals surface area contributed by atoms with Crippen molar-refractivity contribution in [3.63, 3.8) is 0 Å². The zero-order chi connectivity index (χ0) is 16.8. The van der Waals surface area contributed by atoms with Gasteiger partial charge in [0.1, 0.15) is 0 Å². The van der Waals surface area contributed by atoms with Gasteiger partial charge in [-0.3, -0.25) is 9.80 Å². The van der Waals surface area contributed by atoms with E-state index in [1.807, 2.05) is 30.3 Å². The Bertz CT molecular complexity index is 955. The summed E-state index contributed by atoms with van der Waals surface area (Å²) in [6.07, 6.45) is 2.50. The Kier molecular flexibility index (Phi) is 3.73. The minimum absolute atomic E-state index is 0.126. The number of fused-ring (bicyclic) bond motifs is 2. The Labute approximate surface area is 152 Å². The summed E-state index contributed by atoms with van der Waals surface area (Å²) in [5.41, 5.74) is 3.48. The van der Waals surface area contributed by atoms with Crippen LogP contribution in [0.25, 0.3) is 5.52 Å². The summed E-state index contributed by atoms with van der Waals surface area (Å²) in [7, 11) is 1.90. The lowest BCUT2D eigenvalue weighted by Crippen LogP contribution is -2.48. The van der Waals surface area contributed by atoms with E-state index in [1.165, 1.54) is 5.56 Å². The molecular formula is C17H14BrClN4O. The fourth-order valence-corrected chi connectivity index (χ4v) is 3.88. The molecule has 3 heterocycles. The summed E-state index contributed by atoms with van der Waals surface area (Å²) < 4.78 is 2.60. The molecule has 0 aliphatic carbocycles. The van der Waals surface area contributed by atoms with E-state index in [1.54, 1.807) is 27.9 Å². The third-order valence-corrected chi connectivity index (χ3v) is 5.09. The summed E-state index contributed by atoms with van der Waals surface area (Å²) in [5, 5.41) is 8.56. The number of carbonyl (C=O) groups excluding carboxylic acids is 1. The molecule has 122 valence electrons. The molecule has 1 amide bonds. The lowest BCUT2D eigenvalue weighted by Gasteiger charge is -2.38. The van der Waals surface area contributed by atoms with Crippen LogP contribution in [0.4, 0.5) is 5.69 Å². The van der Waals surface area contributed by atoms with Crippen molar-refractivity contribution in [1.29, 1.82) is 0 Å². The molecule has 0 radical (unpaired) electrons. The van der Waals surface area contributed by atoms with E-state index in [0.29, 0.717) is 17.3 Å². The largest absolute Gasteiger partial charge is 0.292 e. The number of carbonyl (C=O) groups is 1. The predicted molar refractivity (Wildman–Crippen MR) is 97.5 cm³/mol. The van der Waals surface area contributed by atoms with Crippen LogP contribution < -0.4 is 5.01 Å². The van der Waals surface area contributed by atoms with Crippen LogP contribution in [0.5, 0.6) is 0 Å². The molecule has 0 unspecified atom stereocenters. The lowest BCUT2D eigenvalue weighted by atomic mass is 10.1. The third kappa shape index (κ3) is 2.46. The number of nitrogens with zero attached hydrogens (tertiary/aromatic N) is 4. The van der Waals surface area contributed by atoms with Gasteiger partial charge in [0, 0.05) is 24.3 Å². The monoisotopic (exact) mass is 404 g/mol. The van der Waals surface area contributed by atoms with Gasteiger partial charge in [-0.15, -0.1) is 0 Å². The molecular weight excluding hydrogens is 392 g/mol. The molecule has 0 bridgehead atoms. The van der Waals surface area contributed by atoms with Crippen LogP contribution in [0.2, 0.25) is 5.02 Å². The molecule has 0 fully saturated rings. The van der Waals surface area contributed by atoms with E-state index in [-0.39, 0.29) is 5.91 Å². The van der Waals surface area contributed by atoms with Gasteiger partial charge in [0.15, 0.2) is 5.69 Å². The van der Waals surface area contributed by atoms with Gasteiger partial charge in [0.2, 0.25) is 0 Å². The molecule has 4 rings (SSSR count). The van der Waals surface area contributed by atoms with Gasteiger partial charge in [-0.2, -0.15) is 5.10 Å². The van der Waals surface area contributed by atoms with Gasteiger partial charge in [0.25, 0.3) is 5.91 Å². The number of rotatable bonds is 1. The third-order valence-electron chi connectivity index (χ3n) is 4.23. The molecule has 24 heavy (non-hydrogen) atoms. The highest BCUT2D eigenvalue weighted by Crippen LogP contribution is 2.34. The van der Waals surface area contributed by atoms with Crippen LogP contribution in [0.3, 0.4) is 0 Å². The number of aromatic nitrogens is 2. The van der Waals surface area contributed by atoms with Crippen molar-refractivity contribution in [3.05, 3.63) is 63.3 Å². The second kappa shape index (κ2) is 5.79. The van der Waals surface area contributed by atoms with Crippen molar-refractivity contribution in [1.82, 2.24) is 14.6 Å². The molecule has 1 aromatic carbocycles. The highest BCUT2D eigenvalue weighted by atomic mass is 79.9. The fraction of sp³-hybridized carbons (Fsp3) is 0.176. The van der Waals surface area contributed by atoms with Crippen LogP contribution in [0.1, 0.15) is 16.1 Å². The van der Waals surface area contributed by atoms with Crippen LogP contribution in [0, 0.1) is 0 Å². The number of amides is 1. The average Bonchev–Trinajstić information content (AvgIpc) is 2.97. The first-order valence-corrected chi connectivity index (χ1v) is 8.69. The quantitative estimate of drug-likeness (QED) is 0.618. The second-order valence-electron chi connectivity index (χ2n) is 5.70. The Hall–Kier alpha value is -2.05. The van der Waals surface area contributed by atoms with Crippen molar-refractivity contribution in [3.8, 4) is 0 Å². The SMILES string of the molecule is CN1c2c(Br)cccc2CCN1C(=O)c1cc2ccc(Cl)cn2n1. The minimum atomic E-state index is -0.126. The Morgan fingerprint density at radius 2 is 2.12 bits per heavy atom. The topological polar surface area (TPSA) is 40.9 Å². The summed E-state index contributed by atoms with van der Waals surface area (Å²) >= 11 is 9.56. The number of hydrogen-bond donors (Lipinski definition) is 0. The maximum Gasteiger partial charge on any atom is 0.292 e. The zero-order valence-corrected chi connectivity index (χ0v) is 15.3. The van der Waals surface area contributed by atoms with Gasteiger partial charge in [-0.05, 0) is 52.2 Å². The summed E-state index contributed by atoms with van der Waals surface area (Å²) in [4.78, 5) is 12.9. The molecule has 0 saturated heterocycles. The number of anilines is 1. The molecule has 7 heteroatoms. The van der Waals surface area contributed by atoms with Crippen LogP contribution in [-0.4, -0.2) is 34.1 Å². The van der Waals surface area contributed by atoms with Gasteiger partial charge in [-0.25, -0.2) is 9.52 Å². The van der Waals surface area contributed by atoms with Crippen LogP contribution >= 0.6 is 27.5 Å². The molecule has 5 nitrogen and oxygen atoms in total. The summed E-state index contributed by atoms with van der Waals surface area (Å²) in [5.74, 6) is -0.126. The first-order chi connectivity index (χ1) is 11.5. The van der Waals surface area contributed by atoms with E-state index in [0.717, 1.165) is 22.1 Å². The highest BCUT2D eigenvalue weighted by Gasteiger charge is 2.29. The smallest absolute Gasteiger partial charge is 0.284 e. The van der Waals surface area contributed by atoms with Gasteiger partial charge >= 0.3 is 0 Å². The number of pyridine rings is 1. The maximum absolute atomic E-state index is 12.9. The van der Waals surface area contributed by atoms with Crippen molar-refractivity contribution in [2.75, 3.05) is 18.6 Å². The van der Waals surface area contributed by atoms with E-state index < -0.39 is 0 Å². The number of hydrazine groups is 1. The predicted octanol–water partition coefficient (Wildman–Crippen LogP) is 3.80. The summed E-state index contributed by atoms with van der Waals surface area (Å²) in [6, 6.07) is 11.5. The first-order valence-electron chi connectivity index (χ1n) is 7.52. The molecule has 1 aliphatic heterocycles. The number of benzene rings is 1. The van der Waals surface area contributed by atoms with Gasteiger partial charge in [-0.1, -0.05) is 23.7 Å². The molecule has 0 spiro atoms. The first kappa shape index (κ1) is 15.5. The Morgan fingerprint density at radius 1 is 1.29 bits per heavy atom. The fourth-order valence-electron chi connectivity index (χ4n) is 3.06. The molecule has 3 aromatic rings. The normalized spacial score (nSPS) is 14.1. The number of halogens is 2. The molecule has 0 saturated carbocycles. The van der Waals surface area contributed by atoms with Crippen molar-refractivity contribution >= 4 is 44.6 Å². The van der Waals surface area contributed by atoms with Crippen LogP contribution in [0.15, 0.2) is 47.1 Å². The standard InChI is InChI=1S/C17H14BrClN4O/c1-21-16-11(3-2-4-14(16)18)7-8-23(21)17(24)15-9-13-6-5-12(19)10-22(13)20-15/h2-6,9-10H,7-8H2,1H3. The minimum Gasteiger partial charge on any atom is -0.284 e. The number of para-hydroxylation sites is 1. The Morgan fingerprint density at radius 3 is 2.96 bits per heavy atom. The molecule has 2 aromatic heterocycles. The van der Waals surface area contributed by atoms with E-state index in [4.69, 9.17) is 11.6 Å². The molecule has 1 aliphatic rings. The van der Waals surface area contributed by atoms with Crippen LogP contribution in [-0.2, 0) is 6.42 Å². The van der Waals surface area contributed by atoms with Crippen molar-refractivity contribution < 1.29 is 4.79 Å². The zero-order valence-electron chi connectivity index (χ0n) is 12.9. The second-order valence-corrected chi connectivity index (χ2v) is 6.99. The highest BCUT2D eigenvalue weighted by molar-refractivity contribution is 9.10. The lowest BCUT2D eigenvalue weighted by molar-refractivity contribution is 0.0732. The summed E-state index contributed by atoms with van der Waals surface area (Å²) in [6.45, 7) is 0.618. The average molecular weight is 406 g/mol. The maximum atomic E-state index is 12.9. The molecule has 0 atom stereocenters. The molecule has 0 N–H and O–H groups in total. The van der Waals surface area contributed by atoms with Crippen molar-refractivity contribution in [2.45, 2.75) is 6.42 Å². The Balaban J connectivity index is 1.70. The number of hydrogen-bond acceptors (Lipinski definition) is 3. The van der Waals surface area contributed by atoms with Gasteiger partial charge in [0.05, 0.1) is 16.2 Å². The van der Waals surface area contributed by atoms with Gasteiger partial charge < -0.3 is 0 Å².